The van der Waals surface area contributed by atoms with Gasteiger partial charge in [-0.15, -0.1) is 11.8 Å². The van der Waals surface area contributed by atoms with Crippen LogP contribution in [0.25, 0.3) is 0 Å². The third-order valence-electron chi connectivity index (χ3n) is 4.73. The van der Waals surface area contributed by atoms with E-state index in [2.05, 4.69) is 10.1 Å². The minimum absolute atomic E-state index is 0.0624. The second kappa shape index (κ2) is 13.7. The molecule has 172 valence electrons. The lowest BCUT2D eigenvalue weighted by Crippen LogP contribution is -2.40. The van der Waals surface area contributed by atoms with E-state index in [1.54, 1.807) is 0 Å². The van der Waals surface area contributed by atoms with Gasteiger partial charge in [0.1, 0.15) is 0 Å². The topological polar surface area (TPSA) is 113 Å². The van der Waals surface area contributed by atoms with Gasteiger partial charge in [-0.1, -0.05) is 32.0 Å². The third kappa shape index (κ3) is 9.42. The van der Waals surface area contributed by atoms with Crippen molar-refractivity contribution in [2.75, 3.05) is 26.5 Å². The van der Waals surface area contributed by atoms with Crippen molar-refractivity contribution in [1.82, 2.24) is 10.2 Å². The minimum Gasteiger partial charge on any atom is -0.481 e. The fourth-order valence-electron chi connectivity index (χ4n) is 3.01. The summed E-state index contributed by atoms with van der Waals surface area (Å²) in [5.41, 5.74) is 0. The summed E-state index contributed by atoms with van der Waals surface area (Å²) in [6.45, 7) is 4.11. The molecule has 31 heavy (non-hydrogen) atoms. The summed E-state index contributed by atoms with van der Waals surface area (Å²) >= 11 is 1.42. The van der Waals surface area contributed by atoms with Crippen LogP contribution in [0.4, 0.5) is 4.79 Å². The van der Waals surface area contributed by atoms with Crippen molar-refractivity contribution in [2.45, 2.75) is 38.0 Å². The van der Waals surface area contributed by atoms with E-state index in [4.69, 9.17) is 0 Å². The number of rotatable bonds is 12. The van der Waals surface area contributed by atoms with E-state index in [-0.39, 0.29) is 30.5 Å². The highest BCUT2D eigenvalue weighted by Gasteiger charge is 2.34. The van der Waals surface area contributed by atoms with Crippen LogP contribution < -0.4 is 5.32 Å². The molecule has 1 rings (SSSR count). The zero-order valence-electron chi connectivity index (χ0n) is 18.5. The maximum Gasteiger partial charge on any atom is 0.415 e. The number of hydrogen-bond acceptors (Lipinski definition) is 6. The predicted molar refractivity (Wildman–Crippen MR) is 119 cm³/mol. The molecule has 0 saturated carbocycles. The van der Waals surface area contributed by atoms with Crippen LogP contribution in [0.3, 0.4) is 0 Å². The average Bonchev–Trinajstić information content (AvgIpc) is 2.74. The van der Waals surface area contributed by atoms with Crippen molar-refractivity contribution in [3.05, 3.63) is 30.3 Å². The Kier molecular flexibility index (Phi) is 11.7. The van der Waals surface area contributed by atoms with E-state index in [0.717, 1.165) is 9.80 Å². The normalized spacial score (nSPS) is 12.7. The van der Waals surface area contributed by atoms with Crippen molar-refractivity contribution in [2.24, 2.45) is 17.8 Å². The summed E-state index contributed by atoms with van der Waals surface area (Å²) in [5, 5.41) is 12.5. The molecule has 2 N–H and O–H groups in total. The van der Waals surface area contributed by atoms with E-state index in [1.807, 2.05) is 44.2 Å². The molecule has 0 spiro atoms. The second-order valence-electron chi connectivity index (χ2n) is 7.62. The molecular weight excluding hydrogens is 420 g/mol. The molecule has 0 aliphatic rings. The Morgan fingerprint density at radius 1 is 1.13 bits per heavy atom. The quantitative estimate of drug-likeness (QED) is 0.370. The van der Waals surface area contributed by atoms with E-state index < -0.39 is 29.8 Å². The SMILES string of the molecule is COC(=O)N(C)C(=O)CCCNC(=O)[C@H](CC(C)C)[C@H](CSc1ccccc1)C(=O)O. The fourth-order valence-corrected chi connectivity index (χ4v) is 4.11. The molecule has 0 bridgehead atoms. The summed E-state index contributed by atoms with van der Waals surface area (Å²) in [5.74, 6) is -2.83. The van der Waals surface area contributed by atoms with Crippen LogP contribution in [0.15, 0.2) is 35.2 Å². The average molecular weight is 453 g/mol. The lowest BCUT2D eigenvalue weighted by atomic mass is 9.85. The van der Waals surface area contributed by atoms with Crippen LogP contribution in [0.2, 0.25) is 0 Å². The monoisotopic (exact) mass is 452 g/mol. The predicted octanol–water partition coefficient (Wildman–Crippen LogP) is 3.26. The van der Waals surface area contributed by atoms with Crippen molar-refractivity contribution in [1.29, 1.82) is 0 Å². The molecular formula is C22H32N2O6S. The van der Waals surface area contributed by atoms with Crippen molar-refractivity contribution in [3.8, 4) is 0 Å². The van der Waals surface area contributed by atoms with E-state index in [9.17, 15) is 24.3 Å². The Morgan fingerprint density at radius 3 is 2.32 bits per heavy atom. The van der Waals surface area contributed by atoms with Gasteiger partial charge < -0.3 is 15.2 Å². The first-order valence-electron chi connectivity index (χ1n) is 10.2. The number of nitrogens with zero attached hydrogens (tertiary/aromatic N) is 1. The smallest absolute Gasteiger partial charge is 0.415 e. The summed E-state index contributed by atoms with van der Waals surface area (Å²) < 4.78 is 4.49. The van der Waals surface area contributed by atoms with Crippen LogP contribution in [0.1, 0.15) is 33.1 Å². The summed E-state index contributed by atoms with van der Waals surface area (Å²) in [6.07, 6.45) is 0.0950. The lowest BCUT2D eigenvalue weighted by molar-refractivity contribution is -0.146. The highest BCUT2D eigenvalue weighted by molar-refractivity contribution is 7.99. The molecule has 1 aromatic rings. The van der Waals surface area contributed by atoms with Gasteiger partial charge in [-0.25, -0.2) is 4.79 Å². The van der Waals surface area contributed by atoms with Crippen molar-refractivity contribution >= 4 is 35.6 Å². The molecule has 9 heteroatoms. The van der Waals surface area contributed by atoms with Crippen molar-refractivity contribution < 1.29 is 29.0 Å². The Bertz CT molecular complexity index is 741. The highest BCUT2D eigenvalue weighted by Crippen LogP contribution is 2.28. The largest absolute Gasteiger partial charge is 0.481 e. The van der Waals surface area contributed by atoms with Gasteiger partial charge in [-0.05, 0) is 30.9 Å². The number of thioether (sulfide) groups is 1. The summed E-state index contributed by atoms with van der Waals surface area (Å²) in [7, 11) is 2.52. The molecule has 0 unspecified atom stereocenters. The number of ether oxygens (including phenoxy) is 1. The van der Waals surface area contributed by atoms with Gasteiger partial charge >= 0.3 is 12.1 Å². The maximum absolute atomic E-state index is 12.8. The number of carboxylic acids is 1. The Hall–Kier alpha value is -2.55. The second-order valence-corrected chi connectivity index (χ2v) is 8.72. The van der Waals surface area contributed by atoms with Crippen LogP contribution in [-0.2, 0) is 19.1 Å². The van der Waals surface area contributed by atoms with Crippen LogP contribution in [0, 0.1) is 17.8 Å². The zero-order chi connectivity index (χ0) is 23.4. The summed E-state index contributed by atoms with van der Waals surface area (Å²) in [4.78, 5) is 49.9. The number of methoxy groups -OCH3 is 1. The number of carbonyl (C=O) groups is 4. The standard InChI is InChI=1S/C22H32N2O6S/c1-15(2)13-17(18(21(27)28)14-31-16-9-6-5-7-10-16)20(26)23-12-8-11-19(25)24(3)22(29)30-4/h5-7,9-10,15,17-18H,8,11-14H2,1-4H3,(H,23,26)(H,27,28)/t17-,18+/m1/s1. The molecule has 1 aromatic carbocycles. The van der Waals surface area contributed by atoms with Gasteiger partial charge in [-0.3, -0.25) is 19.3 Å². The van der Waals surface area contributed by atoms with Gasteiger partial charge in [0, 0.05) is 30.7 Å². The molecule has 0 fully saturated rings. The number of carboxylic acid groups (broad SMARTS) is 1. The minimum atomic E-state index is -1.00. The molecule has 0 aliphatic carbocycles. The van der Waals surface area contributed by atoms with E-state index in [1.165, 1.54) is 25.9 Å². The van der Waals surface area contributed by atoms with Gasteiger partial charge in [-0.2, -0.15) is 0 Å². The first kappa shape index (κ1) is 26.5. The molecule has 3 amide bonds. The number of amides is 3. The fraction of sp³-hybridized carbons (Fsp3) is 0.545. The summed E-state index contributed by atoms with van der Waals surface area (Å²) in [6, 6.07) is 9.47. The Balaban J connectivity index is 2.68. The van der Waals surface area contributed by atoms with E-state index >= 15 is 0 Å². The lowest BCUT2D eigenvalue weighted by Gasteiger charge is -2.25. The van der Waals surface area contributed by atoms with Crippen LogP contribution in [0.5, 0.6) is 0 Å². The number of hydrogen-bond donors (Lipinski definition) is 2. The number of carbonyl (C=O) groups excluding carboxylic acids is 3. The molecule has 0 aromatic heterocycles. The first-order valence-corrected chi connectivity index (χ1v) is 11.2. The number of benzene rings is 1. The molecule has 8 nitrogen and oxygen atoms in total. The van der Waals surface area contributed by atoms with Gasteiger partial charge in [0.05, 0.1) is 18.9 Å². The van der Waals surface area contributed by atoms with Gasteiger partial charge in [0.2, 0.25) is 11.8 Å². The molecule has 0 heterocycles. The molecule has 0 saturated heterocycles. The zero-order valence-corrected chi connectivity index (χ0v) is 19.3. The number of aliphatic carboxylic acids is 1. The first-order chi connectivity index (χ1) is 14.7. The molecule has 0 radical (unpaired) electrons. The van der Waals surface area contributed by atoms with Gasteiger partial charge in [0.15, 0.2) is 0 Å². The third-order valence-corrected chi connectivity index (χ3v) is 5.86. The van der Waals surface area contributed by atoms with Crippen LogP contribution in [-0.4, -0.2) is 60.3 Å². The van der Waals surface area contributed by atoms with Crippen LogP contribution >= 0.6 is 11.8 Å². The van der Waals surface area contributed by atoms with E-state index in [0.29, 0.717) is 12.8 Å². The highest BCUT2D eigenvalue weighted by atomic mass is 32.2. The Labute approximate surface area is 187 Å². The molecule has 0 aliphatic heterocycles. The molecule has 2 atom stereocenters. The maximum atomic E-state index is 12.8. The van der Waals surface area contributed by atoms with Crippen molar-refractivity contribution in [3.63, 3.8) is 0 Å². The van der Waals surface area contributed by atoms with Gasteiger partial charge in [0.25, 0.3) is 0 Å². The Morgan fingerprint density at radius 2 is 1.77 bits per heavy atom. The number of imide groups is 1. The number of nitrogens with one attached hydrogen (secondary N) is 1.